The van der Waals surface area contributed by atoms with Gasteiger partial charge < -0.3 is 5.11 Å². The molecule has 0 bridgehead atoms. The van der Waals surface area contributed by atoms with E-state index in [4.69, 9.17) is 16.7 Å². The second kappa shape index (κ2) is 4.71. The van der Waals surface area contributed by atoms with Gasteiger partial charge in [0.1, 0.15) is 10.0 Å². The quantitative estimate of drug-likeness (QED) is 0.690. The molecule has 1 aromatic heterocycles. The van der Waals surface area contributed by atoms with Crippen molar-refractivity contribution in [2.45, 2.75) is 0 Å². The summed E-state index contributed by atoms with van der Waals surface area (Å²) < 4.78 is 0. The third-order valence-electron chi connectivity index (χ3n) is 2.11. The van der Waals surface area contributed by atoms with Crippen molar-refractivity contribution in [3.63, 3.8) is 0 Å². The van der Waals surface area contributed by atoms with Gasteiger partial charge in [-0.05, 0) is 12.1 Å². The summed E-state index contributed by atoms with van der Waals surface area (Å²) in [4.78, 5) is 24.7. The van der Waals surface area contributed by atoms with Crippen LogP contribution in [0.2, 0.25) is 5.02 Å². The molecule has 2 rings (SSSR count). The first-order chi connectivity index (χ1) is 8.49. The number of nitro benzene ring substituents is 1. The lowest BCUT2D eigenvalue weighted by atomic mass is 10.2. The van der Waals surface area contributed by atoms with Crippen LogP contribution in [-0.2, 0) is 0 Å². The highest BCUT2D eigenvalue weighted by molar-refractivity contribution is 7.13. The molecule has 0 amide bonds. The van der Waals surface area contributed by atoms with Crippen LogP contribution in [0.5, 0.6) is 0 Å². The van der Waals surface area contributed by atoms with Gasteiger partial charge in [-0.15, -0.1) is 11.3 Å². The monoisotopic (exact) mass is 284 g/mol. The van der Waals surface area contributed by atoms with Crippen LogP contribution in [0.1, 0.15) is 10.5 Å². The Morgan fingerprint density at radius 3 is 2.78 bits per heavy atom. The molecule has 0 aliphatic carbocycles. The highest BCUT2D eigenvalue weighted by atomic mass is 35.5. The maximum atomic E-state index is 10.7. The summed E-state index contributed by atoms with van der Waals surface area (Å²) >= 11 is 6.78. The molecular formula is C10H5ClN2O4S. The molecule has 0 saturated carbocycles. The summed E-state index contributed by atoms with van der Waals surface area (Å²) in [5, 5.41) is 21.3. The molecule has 0 saturated heterocycles. The molecule has 1 heterocycles. The Hall–Kier alpha value is -1.99. The van der Waals surface area contributed by atoms with Gasteiger partial charge in [-0.1, -0.05) is 11.6 Å². The molecule has 0 aliphatic rings. The predicted molar refractivity (Wildman–Crippen MR) is 66.2 cm³/mol. The average Bonchev–Trinajstić information content (AvgIpc) is 2.78. The summed E-state index contributed by atoms with van der Waals surface area (Å²) in [6, 6.07) is 4.21. The Balaban J connectivity index is 2.47. The number of hydrogen-bond donors (Lipinski definition) is 1. The standard InChI is InChI=1S/C10H5ClN2O4S/c11-6-2-1-5(3-8(6)13(16)17)9-12-7(4-18-9)10(14)15/h1-4H,(H,14,15). The summed E-state index contributed by atoms with van der Waals surface area (Å²) in [7, 11) is 0. The van der Waals surface area contributed by atoms with Crippen LogP contribution in [0.3, 0.4) is 0 Å². The number of carboxylic acid groups (broad SMARTS) is 1. The molecule has 1 N–H and O–H groups in total. The van der Waals surface area contributed by atoms with Crippen LogP contribution in [0.25, 0.3) is 10.6 Å². The molecular weight excluding hydrogens is 280 g/mol. The summed E-state index contributed by atoms with van der Waals surface area (Å²) in [5.74, 6) is -1.14. The molecule has 8 heteroatoms. The Bertz CT molecular complexity index is 641. The van der Waals surface area contributed by atoms with Gasteiger partial charge in [-0.25, -0.2) is 9.78 Å². The van der Waals surface area contributed by atoms with E-state index in [2.05, 4.69) is 4.98 Å². The van der Waals surface area contributed by atoms with Gasteiger partial charge in [-0.3, -0.25) is 10.1 Å². The molecule has 0 radical (unpaired) electrons. The van der Waals surface area contributed by atoms with Gasteiger partial charge in [0.15, 0.2) is 5.69 Å². The maximum absolute atomic E-state index is 10.7. The lowest BCUT2D eigenvalue weighted by molar-refractivity contribution is -0.384. The van der Waals surface area contributed by atoms with Crippen molar-refractivity contribution in [1.82, 2.24) is 4.98 Å². The molecule has 0 spiro atoms. The third kappa shape index (κ3) is 2.31. The topological polar surface area (TPSA) is 93.3 Å². The minimum absolute atomic E-state index is 0.0266. The number of hydrogen-bond acceptors (Lipinski definition) is 5. The first kappa shape index (κ1) is 12.5. The van der Waals surface area contributed by atoms with E-state index in [0.717, 1.165) is 11.3 Å². The fourth-order valence-corrected chi connectivity index (χ4v) is 2.27. The molecule has 92 valence electrons. The molecule has 0 atom stereocenters. The first-order valence-corrected chi connectivity index (χ1v) is 5.88. The maximum Gasteiger partial charge on any atom is 0.355 e. The SMILES string of the molecule is O=C(O)c1csc(-c2ccc(Cl)c([N+](=O)[O-])c2)n1. The number of thiazole rings is 1. The number of carbonyl (C=O) groups is 1. The van der Waals surface area contributed by atoms with Crippen molar-refractivity contribution in [1.29, 1.82) is 0 Å². The fraction of sp³-hybridized carbons (Fsp3) is 0. The van der Waals surface area contributed by atoms with Crippen molar-refractivity contribution in [2.24, 2.45) is 0 Å². The van der Waals surface area contributed by atoms with Gasteiger partial charge in [0, 0.05) is 17.0 Å². The van der Waals surface area contributed by atoms with Gasteiger partial charge in [0.05, 0.1) is 4.92 Å². The molecule has 6 nitrogen and oxygen atoms in total. The largest absolute Gasteiger partial charge is 0.476 e. The fourth-order valence-electron chi connectivity index (χ4n) is 1.29. The van der Waals surface area contributed by atoms with Crippen molar-refractivity contribution < 1.29 is 14.8 Å². The van der Waals surface area contributed by atoms with E-state index in [1.807, 2.05) is 0 Å². The van der Waals surface area contributed by atoms with Gasteiger partial charge in [-0.2, -0.15) is 0 Å². The van der Waals surface area contributed by atoms with Crippen LogP contribution >= 0.6 is 22.9 Å². The lowest BCUT2D eigenvalue weighted by Crippen LogP contribution is -1.95. The van der Waals surface area contributed by atoms with Crippen molar-refractivity contribution in [3.05, 3.63) is 44.4 Å². The summed E-state index contributed by atoms with van der Waals surface area (Å²) in [6.45, 7) is 0. The number of halogens is 1. The number of aromatic carboxylic acids is 1. The normalized spacial score (nSPS) is 10.3. The van der Waals surface area contributed by atoms with E-state index < -0.39 is 10.9 Å². The van der Waals surface area contributed by atoms with E-state index in [0.29, 0.717) is 10.6 Å². The summed E-state index contributed by atoms with van der Waals surface area (Å²) in [6.07, 6.45) is 0. The average molecular weight is 285 g/mol. The van der Waals surface area contributed by atoms with Crippen molar-refractivity contribution in [3.8, 4) is 10.6 Å². The molecule has 2 aromatic rings. The Labute approximate surface area is 110 Å². The minimum atomic E-state index is -1.14. The number of carboxylic acids is 1. The van der Waals surface area contributed by atoms with Crippen LogP contribution in [0.4, 0.5) is 5.69 Å². The molecule has 0 fully saturated rings. The summed E-state index contributed by atoms with van der Waals surface area (Å²) in [5.41, 5.74) is 0.137. The zero-order valence-electron chi connectivity index (χ0n) is 8.66. The number of nitro groups is 1. The molecule has 0 aliphatic heterocycles. The van der Waals surface area contributed by atoms with Gasteiger partial charge in [0.25, 0.3) is 5.69 Å². The first-order valence-electron chi connectivity index (χ1n) is 4.62. The smallest absolute Gasteiger partial charge is 0.355 e. The van der Waals surface area contributed by atoms with Gasteiger partial charge in [0.2, 0.25) is 0 Å². The van der Waals surface area contributed by atoms with Crippen LogP contribution in [0, 0.1) is 10.1 Å². The van der Waals surface area contributed by atoms with E-state index in [1.165, 1.54) is 17.5 Å². The number of benzene rings is 1. The highest BCUT2D eigenvalue weighted by Crippen LogP contribution is 2.31. The predicted octanol–water partition coefficient (Wildman–Crippen LogP) is 3.07. The zero-order chi connectivity index (χ0) is 13.3. The van der Waals surface area contributed by atoms with E-state index in [-0.39, 0.29) is 16.4 Å². The van der Waals surface area contributed by atoms with Crippen LogP contribution in [-0.4, -0.2) is 21.0 Å². The van der Waals surface area contributed by atoms with E-state index in [1.54, 1.807) is 6.07 Å². The minimum Gasteiger partial charge on any atom is -0.476 e. The Kier molecular flexibility index (Phi) is 3.26. The Morgan fingerprint density at radius 1 is 1.50 bits per heavy atom. The van der Waals surface area contributed by atoms with Crippen molar-refractivity contribution in [2.75, 3.05) is 0 Å². The number of rotatable bonds is 3. The molecule has 18 heavy (non-hydrogen) atoms. The second-order valence-corrected chi connectivity index (χ2v) is 4.53. The van der Waals surface area contributed by atoms with Gasteiger partial charge >= 0.3 is 5.97 Å². The van der Waals surface area contributed by atoms with E-state index >= 15 is 0 Å². The molecule has 0 unspecified atom stereocenters. The van der Waals surface area contributed by atoms with E-state index in [9.17, 15) is 14.9 Å². The highest BCUT2D eigenvalue weighted by Gasteiger charge is 2.16. The zero-order valence-corrected chi connectivity index (χ0v) is 10.2. The number of aromatic nitrogens is 1. The number of nitrogens with zero attached hydrogens (tertiary/aromatic N) is 2. The lowest BCUT2D eigenvalue weighted by Gasteiger charge is -1.98. The van der Waals surface area contributed by atoms with Crippen molar-refractivity contribution >= 4 is 34.6 Å². The van der Waals surface area contributed by atoms with Crippen LogP contribution < -0.4 is 0 Å². The Morgan fingerprint density at radius 2 is 2.22 bits per heavy atom. The van der Waals surface area contributed by atoms with Crippen LogP contribution in [0.15, 0.2) is 23.6 Å². The molecule has 1 aromatic carbocycles. The second-order valence-electron chi connectivity index (χ2n) is 3.27. The third-order valence-corrected chi connectivity index (χ3v) is 3.32.